The molecule has 20 heavy (non-hydrogen) atoms. The average Bonchev–Trinajstić information content (AvgIpc) is 2.42. The van der Waals surface area contributed by atoms with Crippen molar-refractivity contribution >= 4 is 33.3 Å². The monoisotopic (exact) mass is 334 g/mol. The highest BCUT2D eigenvalue weighted by atomic mass is 79.9. The number of halogens is 1. The van der Waals surface area contributed by atoms with Crippen LogP contribution in [0.1, 0.15) is 22.8 Å². The molecule has 0 unspecified atom stereocenters. The minimum Gasteiger partial charge on any atom is -0.385 e. The minimum absolute atomic E-state index is 0.192. The van der Waals surface area contributed by atoms with Crippen LogP contribution in [0, 0.1) is 6.92 Å². The molecular formula is C14H15BrN4O. The largest absolute Gasteiger partial charge is 0.385 e. The Labute approximate surface area is 126 Å². The molecule has 0 saturated carbocycles. The molecule has 0 bridgehead atoms. The number of nitrogens with zero attached hydrogens (tertiary/aromatic N) is 2. The molecule has 2 N–H and O–H groups in total. The van der Waals surface area contributed by atoms with Crippen molar-refractivity contribution in [2.45, 2.75) is 13.8 Å². The predicted octanol–water partition coefficient (Wildman–Crippen LogP) is 3.23. The van der Waals surface area contributed by atoms with Crippen LogP contribution < -0.4 is 10.6 Å². The highest BCUT2D eigenvalue weighted by molar-refractivity contribution is 9.10. The molecule has 0 aliphatic rings. The summed E-state index contributed by atoms with van der Waals surface area (Å²) in [6.07, 6.45) is 3.04. The second kappa shape index (κ2) is 6.47. The number of aryl methyl sites for hydroxylation is 1. The molecule has 0 saturated heterocycles. The van der Waals surface area contributed by atoms with Crippen molar-refractivity contribution < 1.29 is 4.79 Å². The summed E-state index contributed by atoms with van der Waals surface area (Å²) in [5.74, 6) is 0.232. The Morgan fingerprint density at radius 3 is 2.70 bits per heavy atom. The standard InChI is InChI=1S/C14H15BrN4O/c1-3-16-10-4-5-11(9(2)6-10)14(20)19-13-8-17-12(15)7-18-13/h4-8,16H,3H2,1-2H3,(H,18,19,20). The first-order valence-electron chi connectivity index (χ1n) is 6.23. The number of rotatable bonds is 4. The van der Waals surface area contributed by atoms with Crippen LogP contribution in [-0.2, 0) is 0 Å². The van der Waals surface area contributed by atoms with Gasteiger partial charge in [0.1, 0.15) is 4.60 Å². The summed E-state index contributed by atoms with van der Waals surface area (Å²) in [5.41, 5.74) is 2.53. The fraction of sp³-hybridized carbons (Fsp3) is 0.214. The molecule has 1 heterocycles. The van der Waals surface area contributed by atoms with E-state index in [1.165, 1.54) is 12.4 Å². The first kappa shape index (κ1) is 14.5. The lowest BCUT2D eigenvalue weighted by molar-refractivity contribution is 0.102. The second-order valence-corrected chi connectivity index (χ2v) is 5.05. The maximum absolute atomic E-state index is 12.2. The van der Waals surface area contributed by atoms with Gasteiger partial charge in [-0.3, -0.25) is 4.79 Å². The number of amides is 1. The van der Waals surface area contributed by atoms with E-state index in [4.69, 9.17) is 0 Å². The smallest absolute Gasteiger partial charge is 0.257 e. The van der Waals surface area contributed by atoms with Gasteiger partial charge in [0.2, 0.25) is 0 Å². The number of carbonyl (C=O) groups excluding carboxylic acids is 1. The first-order chi connectivity index (χ1) is 9.60. The van der Waals surface area contributed by atoms with Crippen LogP contribution in [0.15, 0.2) is 35.2 Å². The Hall–Kier alpha value is -1.95. The highest BCUT2D eigenvalue weighted by Gasteiger charge is 2.10. The van der Waals surface area contributed by atoms with E-state index in [-0.39, 0.29) is 5.91 Å². The van der Waals surface area contributed by atoms with Gasteiger partial charge in [-0.2, -0.15) is 0 Å². The molecular weight excluding hydrogens is 320 g/mol. The van der Waals surface area contributed by atoms with Gasteiger partial charge in [0, 0.05) is 17.8 Å². The molecule has 104 valence electrons. The Morgan fingerprint density at radius 2 is 2.10 bits per heavy atom. The number of anilines is 2. The quantitative estimate of drug-likeness (QED) is 0.900. The molecule has 5 nitrogen and oxygen atoms in total. The summed E-state index contributed by atoms with van der Waals surface area (Å²) < 4.78 is 0.627. The maximum atomic E-state index is 12.2. The Bertz CT molecular complexity index is 613. The van der Waals surface area contributed by atoms with Crippen LogP contribution in [0.5, 0.6) is 0 Å². The number of hydrogen-bond donors (Lipinski definition) is 2. The maximum Gasteiger partial charge on any atom is 0.257 e. The van der Waals surface area contributed by atoms with E-state index in [0.29, 0.717) is 16.0 Å². The molecule has 2 rings (SSSR count). The van der Waals surface area contributed by atoms with Gasteiger partial charge in [-0.05, 0) is 53.5 Å². The van der Waals surface area contributed by atoms with Crippen molar-refractivity contribution in [3.05, 3.63) is 46.3 Å². The van der Waals surface area contributed by atoms with Crippen molar-refractivity contribution in [1.82, 2.24) is 9.97 Å². The topological polar surface area (TPSA) is 66.9 Å². The lowest BCUT2D eigenvalue weighted by atomic mass is 10.1. The van der Waals surface area contributed by atoms with E-state index in [1.807, 2.05) is 26.0 Å². The molecule has 0 atom stereocenters. The van der Waals surface area contributed by atoms with E-state index in [2.05, 4.69) is 36.5 Å². The number of carbonyl (C=O) groups is 1. The predicted molar refractivity (Wildman–Crippen MR) is 83.0 cm³/mol. The van der Waals surface area contributed by atoms with Crippen LogP contribution in [-0.4, -0.2) is 22.4 Å². The summed E-state index contributed by atoms with van der Waals surface area (Å²) in [5, 5.41) is 5.94. The molecule has 0 aliphatic heterocycles. The molecule has 0 aliphatic carbocycles. The molecule has 6 heteroatoms. The zero-order valence-corrected chi connectivity index (χ0v) is 12.9. The van der Waals surface area contributed by atoms with E-state index >= 15 is 0 Å². The molecule has 0 spiro atoms. The normalized spacial score (nSPS) is 10.2. The van der Waals surface area contributed by atoms with Gasteiger partial charge in [-0.1, -0.05) is 0 Å². The lowest BCUT2D eigenvalue weighted by Gasteiger charge is -2.09. The van der Waals surface area contributed by atoms with Crippen LogP contribution >= 0.6 is 15.9 Å². The van der Waals surface area contributed by atoms with Crippen molar-refractivity contribution in [2.24, 2.45) is 0 Å². The summed E-state index contributed by atoms with van der Waals surface area (Å²) >= 11 is 3.20. The van der Waals surface area contributed by atoms with Gasteiger partial charge in [-0.25, -0.2) is 9.97 Å². The summed E-state index contributed by atoms with van der Waals surface area (Å²) in [7, 11) is 0. The van der Waals surface area contributed by atoms with Crippen molar-refractivity contribution in [2.75, 3.05) is 17.2 Å². The Morgan fingerprint density at radius 1 is 1.30 bits per heavy atom. The Kier molecular flexibility index (Phi) is 4.68. The van der Waals surface area contributed by atoms with Gasteiger partial charge in [0.25, 0.3) is 5.91 Å². The second-order valence-electron chi connectivity index (χ2n) is 4.24. The Balaban J connectivity index is 2.14. The number of nitrogens with one attached hydrogen (secondary N) is 2. The van der Waals surface area contributed by atoms with Crippen molar-refractivity contribution in [3.63, 3.8) is 0 Å². The summed E-state index contributed by atoms with van der Waals surface area (Å²) in [6, 6.07) is 5.64. The zero-order valence-electron chi connectivity index (χ0n) is 11.3. The van der Waals surface area contributed by atoms with Crippen LogP contribution in [0.25, 0.3) is 0 Å². The third-order valence-corrected chi connectivity index (χ3v) is 3.12. The van der Waals surface area contributed by atoms with Gasteiger partial charge in [-0.15, -0.1) is 0 Å². The minimum atomic E-state index is -0.192. The van der Waals surface area contributed by atoms with Gasteiger partial charge >= 0.3 is 0 Å². The SMILES string of the molecule is CCNc1ccc(C(=O)Nc2cnc(Br)cn2)c(C)c1. The fourth-order valence-corrected chi connectivity index (χ4v) is 2.00. The molecule has 1 aromatic heterocycles. The van der Waals surface area contributed by atoms with E-state index < -0.39 is 0 Å². The highest BCUT2D eigenvalue weighted by Crippen LogP contribution is 2.16. The van der Waals surface area contributed by atoms with Gasteiger partial charge < -0.3 is 10.6 Å². The fourth-order valence-electron chi connectivity index (χ4n) is 1.79. The molecule has 1 aromatic carbocycles. The number of benzene rings is 1. The third kappa shape index (κ3) is 3.54. The van der Waals surface area contributed by atoms with Gasteiger partial charge in [0.15, 0.2) is 5.82 Å². The summed E-state index contributed by atoms with van der Waals surface area (Å²) in [4.78, 5) is 20.3. The molecule has 0 fully saturated rings. The third-order valence-electron chi connectivity index (χ3n) is 2.71. The lowest BCUT2D eigenvalue weighted by Crippen LogP contribution is -2.14. The zero-order chi connectivity index (χ0) is 14.5. The van der Waals surface area contributed by atoms with Crippen LogP contribution in [0.2, 0.25) is 0 Å². The van der Waals surface area contributed by atoms with Gasteiger partial charge in [0.05, 0.1) is 12.4 Å². The molecule has 2 aromatic rings. The van der Waals surface area contributed by atoms with Crippen molar-refractivity contribution in [1.29, 1.82) is 0 Å². The summed E-state index contributed by atoms with van der Waals surface area (Å²) in [6.45, 7) is 4.78. The van der Waals surface area contributed by atoms with E-state index in [9.17, 15) is 4.79 Å². The van der Waals surface area contributed by atoms with Crippen molar-refractivity contribution in [3.8, 4) is 0 Å². The molecule has 1 amide bonds. The van der Waals surface area contributed by atoms with E-state index in [0.717, 1.165) is 17.8 Å². The first-order valence-corrected chi connectivity index (χ1v) is 7.03. The van der Waals surface area contributed by atoms with E-state index in [1.54, 1.807) is 6.07 Å². The number of aromatic nitrogens is 2. The number of hydrogen-bond acceptors (Lipinski definition) is 4. The molecule has 0 radical (unpaired) electrons. The average molecular weight is 335 g/mol. The van der Waals surface area contributed by atoms with Crippen LogP contribution in [0.4, 0.5) is 11.5 Å². The van der Waals surface area contributed by atoms with Crippen LogP contribution in [0.3, 0.4) is 0 Å².